The Bertz CT molecular complexity index is 281. The molecule has 3 nitrogen and oxygen atoms in total. The Morgan fingerprint density at radius 1 is 1.69 bits per heavy atom. The Balaban J connectivity index is 2.49. The third-order valence-electron chi connectivity index (χ3n) is 1.54. The molecule has 1 rings (SSSR count). The van der Waals surface area contributed by atoms with Crippen LogP contribution in [0.2, 0.25) is 0 Å². The highest BCUT2D eigenvalue weighted by Gasteiger charge is 2.00. The molecule has 0 bridgehead atoms. The molecule has 0 unspecified atom stereocenters. The molecule has 0 radical (unpaired) electrons. The standard InChI is InChI=1S/C9H13ClN2O/c1-8(2)12-7-9(6-11-12)13-5-3-4-10/h3-4,6-8H,5H2,1-2H3/b4-3+. The van der Waals surface area contributed by atoms with Gasteiger partial charge in [-0.1, -0.05) is 11.6 Å². The quantitative estimate of drug-likeness (QED) is 0.747. The first-order chi connectivity index (χ1) is 6.24. The lowest BCUT2D eigenvalue weighted by Gasteiger charge is -2.02. The van der Waals surface area contributed by atoms with Crippen LogP contribution in [0.1, 0.15) is 19.9 Å². The van der Waals surface area contributed by atoms with Gasteiger partial charge in [0.2, 0.25) is 0 Å². The Morgan fingerprint density at radius 2 is 2.46 bits per heavy atom. The molecule has 1 aromatic heterocycles. The fourth-order valence-electron chi connectivity index (χ4n) is 0.858. The van der Waals surface area contributed by atoms with Gasteiger partial charge in [0, 0.05) is 11.6 Å². The molecule has 4 heteroatoms. The average Bonchev–Trinajstić information content (AvgIpc) is 2.53. The van der Waals surface area contributed by atoms with Crippen molar-refractivity contribution in [1.29, 1.82) is 0 Å². The molecule has 0 aromatic carbocycles. The van der Waals surface area contributed by atoms with Gasteiger partial charge in [0.25, 0.3) is 0 Å². The smallest absolute Gasteiger partial charge is 0.157 e. The van der Waals surface area contributed by atoms with Gasteiger partial charge in [-0.2, -0.15) is 5.10 Å². The van der Waals surface area contributed by atoms with Crippen LogP contribution in [0.15, 0.2) is 24.0 Å². The second-order valence-corrected chi connectivity index (χ2v) is 3.17. The largest absolute Gasteiger partial charge is 0.486 e. The van der Waals surface area contributed by atoms with Gasteiger partial charge in [-0.05, 0) is 19.9 Å². The lowest BCUT2D eigenvalue weighted by molar-refractivity contribution is 0.362. The van der Waals surface area contributed by atoms with Crippen molar-refractivity contribution in [3.63, 3.8) is 0 Å². The Morgan fingerprint density at radius 3 is 3.00 bits per heavy atom. The number of hydrogen-bond acceptors (Lipinski definition) is 2. The first-order valence-electron chi connectivity index (χ1n) is 4.16. The molecule has 1 heterocycles. The van der Waals surface area contributed by atoms with Crippen molar-refractivity contribution in [3.8, 4) is 5.75 Å². The maximum absolute atomic E-state index is 5.34. The van der Waals surface area contributed by atoms with Crippen LogP contribution in [0.25, 0.3) is 0 Å². The summed E-state index contributed by atoms with van der Waals surface area (Å²) in [5.41, 5.74) is 1.44. The van der Waals surface area contributed by atoms with Crippen molar-refractivity contribution in [2.45, 2.75) is 19.9 Å². The molecular formula is C9H13ClN2O. The number of hydrogen-bond donors (Lipinski definition) is 0. The lowest BCUT2D eigenvalue weighted by Crippen LogP contribution is -2.00. The number of ether oxygens (including phenoxy) is 1. The summed E-state index contributed by atoms with van der Waals surface area (Å²) in [6, 6.07) is 0.362. The number of halogens is 1. The summed E-state index contributed by atoms with van der Waals surface area (Å²) in [6.45, 7) is 4.61. The van der Waals surface area contributed by atoms with Crippen molar-refractivity contribution in [1.82, 2.24) is 9.78 Å². The molecule has 0 fully saturated rings. The van der Waals surface area contributed by atoms with Crippen LogP contribution in [0.3, 0.4) is 0 Å². The number of aromatic nitrogens is 2. The van der Waals surface area contributed by atoms with E-state index in [9.17, 15) is 0 Å². The molecule has 0 aliphatic rings. The fraction of sp³-hybridized carbons (Fsp3) is 0.444. The molecule has 0 saturated heterocycles. The average molecular weight is 201 g/mol. The molecule has 0 aliphatic heterocycles. The van der Waals surface area contributed by atoms with E-state index in [1.54, 1.807) is 12.3 Å². The van der Waals surface area contributed by atoms with Gasteiger partial charge in [-0.15, -0.1) is 0 Å². The second-order valence-electron chi connectivity index (χ2n) is 2.92. The Labute approximate surface area is 83.0 Å². The summed E-state index contributed by atoms with van der Waals surface area (Å²) < 4.78 is 7.17. The van der Waals surface area contributed by atoms with E-state index in [-0.39, 0.29) is 0 Å². The Hall–Kier alpha value is -0.960. The van der Waals surface area contributed by atoms with Crippen molar-refractivity contribution in [2.24, 2.45) is 0 Å². The van der Waals surface area contributed by atoms with Crippen LogP contribution in [-0.2, 0) is 0 Å². The normalized spacial score (nSPS) is 11.4. The SMILES string of the molecule is CC(C)n1cc(OC/C=C/Cl)cn1. The first-order valence-corrected chi connectivity index (χ1v) is 4.60. The summed E-state index contributed by atoms with van der Waals surface area (Å²) in [5.74, 6) is 0.767. The predicted octanol–water partition coefficient (Wildman–Crippen LogP) is 2.60. The van der Waals surface area contributed by atoms with Gasteiger partial charge in [-0.25, -0.2) is 0 Å². The molecule has 0 spiro atoms. The van der Waals surface area contributed by atoms with Crippen LogP contribution >= 0.6 is 11.6 Å². The van der Waals surface area contributed by atoms with E-state index in [0.29, 0.717) is 12.6 Å². The summed E-state index contributed by atoms with van der Waals surface area (Å²) in [4.78, 5) is 0. The summed E-state index contributed by atoms with van der Waals surface area (Å²) in [5, 5.41) is 4.13. The van der Waals surface area contributed by atoms with Crippen LogP contribution < -0.4 is 4.74 Å². The molecule has 0 saturated carbocycles. The molecule has 13 heavy (non-hydrogen) atoms. The zero-order valence-corrected chi connectivity index (χ0v) is 8.53. The van der Waals surface area contributed by atoms with E-state index in [1.165, 1.54) is 5.54 Å². The number of rotatable bonds is 4. The zero-order chi connectivity index (χ0) is 9.68. The highest BCUT2D eigenvalue weighted by molar-refractivity contribution is 6.25. The van der Waals surface area contributed by atoms with E-state index in [2.05, 4.69) is 18.9 Å². The van der Waals surface area contributed by atoms with Crippen LogP contribution in [0.5, 0.6) is 5.75 Å². The van der Waals surface area contributed by atoms with Crippen molar-refractivity contribution < 1.29 is 4.74 Å². The monoisotopic (exact) mass is 200 g/mol. The van der Waals surface area contributed by atoms with Crippen LogP contribution in [0.4, 0.5) is 0 Å². The van der Waals surface area contributed by atoms with Gasteiger partial charge in [0.05, 0.1) is 12.4 Å². The highest BCUT2D eigenvalue weighted by Crippen LogP contribution is 2.11. The number of nitrogens with zero attached hydrogens (tertiary/aromatic N) is 2. The highest BCUT2D eigenvalue weighted by atomic mass is 35.5. The van der Waals surface area contributed by atoms with Gasteiger partial charge < -0.3 is 4.74 Å². The maximum Gasteiger partial charge on any atom is 0.157 e. The summed E-state index contributed by atoms with van der Waals surface area (Å²) >= 11 is 5.34. The van der Waals surface area contributed by atoms with Gasteiger partial charge in [-0.3, -0.25) is 4.68 Å². The van der Waals surface area contributed by atoms with Crippen molar-refractivity contribution >= 4 is 11.6 Å². The van der Waals surface area contributed by atoms with Crippen molar-refractivity contribution in [3.05, 3.63) is 24.0 Å². The lowest BCUT2D eigenvalue weighted by atomic mass is 10.4. The molecule has 0 atom stereocenters. The topological polar surface area (TPSA) is 27.1 Å². The summed E-state index contributed by atoms with van der Waals surface area (Å²) in [7, 11) is 0. The minimum absolute atomic E-state index is 0.362. The van der Waals surface area contributed by atoms with Gasteiger partial charge in [0.15, 0.2) is 5.75 Å². The maximum atomic E-state index is 5.34. The molecule has 0 amide bonds. The first kappa shape index (κ1) is 10.1. The molecule has 1 aromatic rings. The second kappa shape index (κ2) is 4.92. The third kappa shape index (κ3) is 3.11. The molecular weight excluding hydrogens is 188 g/mol. The van der Waals surface area contributed by atoms with Crippen molar-refractivity contribution in [2.75, 3.05) is 6.61 Å². The van der Waals surface area contributed by atoms with Crippen LogP contribution in [0, 0.1) is 0 Å². The van der Waals surface area contributed by atoms with E-state index in [0.717, 1.165) is 5.75 Å². The molecule has 72 valence electrons. The van der Waals surface area contributed by atoms with Gasteiger partial charge in [0.1, 0.15) is 6.61 Å². The van der Waals surface area contributed by atoms with E-state index < -0.39 is 0 Å². The van der Waals surface area contributed by atoms with Gasteiger partial charge >= 0.3 is 0 Å². The zero-order valence-electron chi connectivity index (χ0n) is 7.77. The van der Waals surface area contributed by atoms with E-state index in [4.69, 9.17) is 16.3 Å². The summed E-state index contributed by atoms with van der Waals surface area (Å²) in [6.07, 6.45) is 5.29. The fourth-order valence-corrected chi connectivity index (χ4v) is 0.931. The minimum Gasteiger partial charge on any atom is -0.486 e. The minimum atomic E-state index is 0.362. The van der Waals surface area contributed by atoms with E-state index in [1.807, 2.05) is 10.9 Å². The Kier molecular flexibility index (Phi) is 3.83. The van der Waals surface area contributed by atoms with Crippen LogP contribution in [-0.4, -0.2) is 16.4 Å². The van der Waals surface area contributed by atoms with E-state index >= 15 is 0 Å². The third-order valence-corrected chi connectivity index (χ3v) is 1.72. The predicted molar refractivity (Wildman–Crippen MR) is 53.1 cm³/mol. The molecule has 0 aliphatic carbocycles. The molecule has 0 N–H and O–H groups in total.